The van der Waals surface area contributed by atoms with Gasteiger partial charge in [0, 0.05) is 46.3 Å². The first-order valence-electron chi connectivity index (χ1n) is 11.3. The van der Waals surface area contributed by atoms with Gasteiger partial charge in [0.25, 0.3) is 0 Å². The number of fused-ring (bicyclic) bond motifs is 4. The molecule has 0 amide bonds. The van der Waals surface area contributed by atoms with Crippen molar-refractivity contribution in [3.05, 3.63) is 66.9 Å². The number of benzene rings is 2. The second-order valence-electron chi connectivity index (χ2n) is 10.0. The highest BCUT2D eigenvalue weighted by Gasteiger charge is 2.50. The molecule has 2 aromatic heterocycles. The molecule has 0 fully saturated rings. The number of aromatic amines is 1. The molecule has 34 heavy (non-hydrogen) atoms. The van der Waals surface area contributed by atoms with Crippen LogP contribution in [0.4, 0.5) is 0 Å². The molecule has 0 saturated carbocycles. The van der Waals surface area contributed by atoms with Crippen LogP contribution in [0.3, 0.4) is 0 Å². The van der Waals surface area contributed by atoms with E-state index in [9.17, 15) is 10.2 Å². The molecule has 0 bridgehead atoms. The largest absolute Gasteiger partial charge is 0.396 e. The molecule has 4 nitrogen and oxygen atoms in total. The predicted molar refractivity (Wildman–Crippen MR) is 142 cm³/mol. The van der Waals surface area contributed by atoms with E-state index >= 15 is 0 Å². The van der Waals surface area contributed by atoms with E-state index in [0.717, 1.165) is 45.0 Å². The van der Waals surface area contributed by atoms with Gasteiger partial charge in [-0.1, -0.05) is 60.3 Å². The van der Waals surface area contributed by atoms with Crippen LogP contribution in [0.1, 0.15) is 49.7 Å². The SMILES string of the molecule is CC1(C)CC(C)(c2[nH]c3cc(Cl)c(Cl)cc3c2CCO)n2c1c(CCO)c1cc(Cl)c(Cl)cc12. The maximum Gasteiger partial charge on any atom is 0.0831 e. The molecule has 1 aliphatic heterocycles. The van der Waals surface area contributed by atoms with Gasteiger partial charge in [0.15, 0.2) is 0 Å². The molecule has 1 atom stereocenters. The number of hydrogen-bond donors (Lipinski definition) is 3. The van der Waals surface area contributed by atoms with Crippen LogP contribution in [0, 0.1) is 0 Å². The fourth-order valence-corrected chi connectivity index (χ4v) is 6.88. The summed E-state index contributed by atoms with van der Waals surface area (Å²) in [5, 5.41) is 23.8. The molecule has 1 aliphatic rings. The van der Waals surface area contributed by atoms with Gasteiger partial charge in [-0.25, -0.2) is 0 Å². The molecule has 2 aromatic carbocycles. The molecule has 3 N–H and O–H groups in total. The van der Waals surface area contributed by atoms with Crippen molar-refractivity contribution in [3.63, 3.8) is 0 Å². The molecule has 180 valence electrons. The highest BCUT2D eigenvalue weighted by Crippen LogP contribution is 2.54. The highest BCUT2D eigenvalue weighted by molar-refractivity contribution is 6.43. The third-order valence-corrected chi connectivity index (χ3v) is 8.69. The quantitative estimate of drug-likeness (QED) is 0.250. The highest BCUT2D eigenvalue weighted by atomic mass is 35.5. The van der Waals surface area contributed by atoms with E-state index in [1.807, 2.05) is 24.3 Å². The Morgan fingerprint density at radius 3 is 2.03 bits per heavy atom. The molecule has 3 heterocycles. The van der Waals surface area contributed by atoms with E-state index in [-0.39, 0.29) is 18.6 Å². The molecule has 8 heteroatoms. The lowest BCUT2D eigenvalue weighted by Gasteiger charge is -2.30. The van der Waals surface area contributed by atoms with Crippen molar-refractivity contribution in [1.29, 1.82) is 0 Å². The van der Waals surface area contributed by atoms with Crippen LogP contribution in [0.5, 0.6) is 0 Å². The first-order valence-corrected chi connectivity index (χ1v) is 12.8. The number of halogens is 4. The standard InChI is InChI=1S/C26H26Cl4N2O2/c1-25(2)12-26(3,23-13(4-6-33)15-8-17(27)19(29)10-21(15)31-23)32-22-11-20(30)18(28)9-16(22)14(5-7-34)24(25)32/h8-11,31,33-34H,4-7,12H2,1-3H3. The molecular formula is C26H26Cl4N2O2. The molecule has 5 rings (SSSR count). The fourth-order valence-electron chi connectivity index (χ4n) is 6.23. The number of H-pyrrole nitrogens is 1. The second kappa shape index (κ2) is 8.33. The minimum atomic E-state index is -0.482. The number of rotatable bonds is 5. The van der Waals surface area contributed by atoms with E-state index in [4.69, 9.17) is 46.4 Å². The number of nitrogens with one attached hydrogen (secondary N) is 1. The monoisotopic (exact) mass is 538 g/mol. The Bertz CT molecular complexity index is 1450. The van der Waals surface area contributed by atoms with E-state index < -0.39 is 5.54 Å². The van der Waals surface area contributed by atoms with E-state index in [2.05, 4.69) is 30.3 Å². The van der Waals surface area contributed by atoms with Crippen LogP contribution in [0.15, 0.2) is 24.3 Å². The van der Waals surface area contributed by atoms with E-state index in [0.29, 0.717) is 32.9 Å². The maximum absolute atomic E-state index is 9.94. The van der Waals surface area contributed by atoms with Gasteiger partial charge in [0.2, 0.25) is 0 Å². The molecule has 0 aliphatic carbocycles. The Balaban J connectivity index is 1.89. The van der Waals surface area contributed by atoms with Crippen molar-refractivity contribution < 1.29 is 10.2 Å². The van der Waals surface area contributed by atoms with Crippen molar-refractivity contribution in [2.24, 2.45) is 0 Å². The Kier molecular flexibility index (Phi) is 5.95. The summed E-state index contributed by atoms with van der Waals surface area (Å²) < 4.78 is 2.35. The molecule has 0 saturated heterocycles. The van der Waals surface area contributed by atoms with Crippen molar-refractivity contribution in [2.45, 2.75) is 51.0 Å². The number of aliphatic hydroxyl groups excluding tert-OH is 2. The minimum absolute atomic E-state index is 0.0101. The second-order valence-corrected chi connectivity index (χ2v) is 11.6. The minimum Gasteiger partial charge on any atom is -0.396 e. The van der Waals surface area contributed by atoms with Crippen LogP contribution >= 0.6 is 46.4 Å². The van der Waals surface area contributed by atoms with Crippen molar-refractivity contribution in [1.82, 2.24) is 9.55 Å². The van der Waals surface area contributed by atoms with Gasteiger partial charge >= 0.3 is 0 Å². The lowest BCUT2D eigenvalue weighted by molar-refractivity contribution is 0.297. The van der Waals surface area contributed by atoms with Gasteiger partial charge in [0.1, 0.15) is 0 Å². The van der Waals surface area contributed by atoms with Gasteiger partial charge < -0.3 is 19.8 Å². The third kappa shape index (κ3) is 3.42. The summed E-state index contributed by atoms with van der Waals surface area (Å²) in [6.45, 7) is 6.73. The predicted octanol–water partition coefficient (Wildman–Crippen LogP) is 7.25. The van der Waals surface area contributed by atoms with Crippen LogP contribution < -0.4 is 0 Å². The third-order valence-electron chi connectivity index (χ3n) is 7.24. The van der Waals surface area contributed by atoms with Gasteiger partial charge in [-0.3, -0.25) is 0 Å². The summed E-state index contributed by atoms with van der Waals surface area (Å²) in [5.74, 6) is 0. The van der Waals surface area contributed by atoms with E-state index in [1.54, 1.807) is 0 Å². The first-order chi connectivity index (χ1) is 16.0. The van der Waals surface area contributed by atoms with Crippen LogP contribution in [-0.4, -0.2) is 33.0 Å². The average molecular weight is 540 g/mol. The molecule has 0 spiro atoms. The Labute approximate surface area is 218 Å². The van der Waals surface area contributed by atoms with Crippen LogP contribution in [0.2, 0.25) is 20.1 Å². The van der Waals surface area contributed by atoms with Gasteiger partial charge in [-0.05, 0) is 61.6 Å². The molecule has 4 aromatic rings. The molecule has 0 radical (unpaired) electrons. The topological polar surface area (TPSA) is 61.2 Å². The van der Waals surface area contributed by atoms with Crippen molar-refractivity contribution in [2.75, 3.05) is 13.2 Å². The summed E-state index contributed by atoms with van der Waals surface area (Å²) in [4.78, 5) is 3.63. The van der Waals surface area contributed by atoms with Gasteiger partial charge in [0.05, 0.1) is 31.1 Å². The summed E-state index contributed by atoms with van der Waals surface area (Å²) >= 11 is 25.6. The zero-order valence-corrected chi connectivity index (χ0v) is 22.2. The van der Waals surface area contributed by atoms with Crippen molar-refractivity contribution in [3.8, 4) is 0 Å². The Morgan fingerprint density at radius 1 is 0.824 bits per heavy atom. The lowest BCUT2D eigenvalue weighted by atomic mass is 9.77. The summed E-state index contributed by atoms with van der Waals surface area (Å²) in [5.41, 5.74) is 5.48. The number of nitrogens with zero attached hydrogens (tertiary/aromatic N) is 1. The average Bonchev–Trinajstić information content (AvgIpc) is 3.33. The van der Waals surface area contributed by atoms with Crippen LogP contribution in [-0.2, 0) is 23.8 Å². The fraction of sp³-hybridized carbons (Fsp3) is 0.385. The van der Waals surface area contributed by atoms with Crippen molar-refractivity contribution >= 4 is 68.2 Å². The zero-order valence-electron chi connectivity index (χ0n) is 19.2. The smallest absolute Gasteiger partial charge is 0.0831 e. The molecule has 1 unspecified atom stereocenters. The lowest BCUT2D eigenvalue weighted by Crippen LogP contribution is -2.30. The summed E-state index contributed by atoms with van der Waals surface area (Å²) in [6, 6.07) is 7.54. The molecular weight excluding hydrogens is 514 g/mol. The summed E-state index contributed by atoms with van der Waals surface area (Å²) in [7, 11) is 0. The van der Waals surface area contributed by atoms with Crippen LogP contribution in [0.25, 0.3) is 21.8 Å². The first kappa shape index (κ1) is 24.3. The normalized spacial score (nSPS) is 19.4. The zero-order chi connectivity index (χ0) is 24.6. The Hall–Kier alpha value is -1.40. The summed E-state index contributed by atoms with van der Waals surface area (Å²) in [6.07, 6.45) is 1.82. The maximum atomic E-state index is 9.94. The number of hydrogen-bond acceptors (Lipinski definition) is 2. The van der Waals surface area contributed by atoms with E-state index in [1.165, 1.54) is 5.69 Å². The number of aromatic nitrogens is 2. The number of aliphatic hydroxyl groups is 2. The Morgan fingerprint density at radius 2 is 1.38 bits per heavy atom. The van der Waals surface area contributed by atoms with Gasteiger partial charge in [-0.2, -0.15) is 0 Å². The van der Waals surface area contributed by atoms with Gasteiger partial charge in [-0.15, -0.1) is 0 Å².